The maximum absolute atomic E-state index is 14.1. The molecule has 0 bridgehead atoms. The molecule has 3 aromatic rings. The number of non-ortho nitro benzene ring substituents is 1. The lowest BCUT2D eigenvalue weighted by molar-refractivity contribution is -0.384. The van der Waals surface area contributed by atoms with Crippen molar-refractivity contribution in [3.8, 4) is 0 Å². The van der Waals surface area contributed by atoms with Crippen LogP contribution in [0.4, 0.5) is 22.7 Å². The van der Waals surface area contributed by atoms with E-state index in [2.05, 4.69) is 26.8 Å². The van der Waals surface area contributed by atoms with Crippen molar-refractivity contribution >= 4 is 40.3 Å². The summed E-state index contributed by atoms with van der Waals surface area (Å²) < 4.78 is 0. The van der Waals surface area contributed by atoms with Gasteiger partial charge in [0.1, 0.15) is 0 Å². The van der Waals surface area contributed by atoms with E-state index in [1.165, 1.54) is 0 Å². The summed E-state index contributed by atoms with van der Waals surface area (Å²) >= 11 is 6.20. The van der Waals surface area contributed by atoms with Crippen LogP contribution in [0, 0.1) is 16.0 Å². The fourth-order valence-corrected chi connectivity index (χ4v) is 6.36. The second kappa shape index (κ2) is 10.2. The SMILES string of the molecule is O=C(C1Cc2cc([N+](=O)[O-])ccc2N2CCN(c3ccccc3)CC12)N1CCN(c2cccc(Cl)c2)CC1. The van der Waals surface area contributed by atoms with Gasteiger partial charge in [-0.3, -0.25) is 14.9 Å². The summed E-state index contributed by atoms with van der Waals surface area (Å²) in [5.74, 6) is -0.133. The molecule has 0 aliphatic carbocycles. The van der Waals surface area contributed by atoms with E-state index >= 15 is 0 Å². The van der Waals surface area contributed by atoms with Gasteiger partial charge in [-0.05, 0) is 48.4 Å². The van der Waals surface area contributed by atoms with E-state index in [1.807, 2.05) is 53.4 Å². The minimum Gasteiger partial charge on any atom is -0.368 e. The molecule has 2 fully saturated rings. The van der Waals surface area contributed by atoms with Gasteiger partial charge in [-0.1, -0.05) is 35.9 Å². The molecular weight excluding hydrogens is 502 g/mol. The maximum atomic E-state index is 14.1. The number of benzene rings is 3. The number of carbonyl (C=O) groups is 1. The monoisotopic (exact) mass is 531 g/mol. The molecule has 6 rings (SSSR count). The Labute approximate surface area is 227 Å². The predicted molar refractivity (Wildman–Crippen MR) is 150 cm³/mol. The molecule has 2 saturated heterocycles. The average Bonchev–Trinajstić information content (AvgIpc) is 2.96. The van der Waals surface area contributed by atoms with Crippen LogP contribution in [-0.4, -0.2) is 67.6 Å². The Balaban J connectivity index is 1.25. The van der Waals surface area contributed by atoms with Crippen molar-refractivity contribution in [2.75, 3.05) is 60.5 Å². The van der Waals surface area contributed by atoms with Crippen LogP contribution in [0.25, 0.3) is 0 Å². The highest BCUT2D eigenvalue weighted by Gasteiger charge is 2.43. The van der Waals surface area contributed by atoms with Gasteiger partial charge in [-0.15, -0.1) is 0 Å². The lowest BCUT2D eigenvalue weighted by Gasteiger charge is -2.50. The maximum Gasteiger partial charge on any atom is 0.269 e. The predicted octanol–water partition coefficient (Wildman–Crippen LogP) is 4.46. The second-order valence-corrected chi connectivity index (χ2v) is 10.7. The Morgan fingerprint density at radius 3 is 2.32 bits per heavy atom. The fourth-order valence-electron chi connectivity index (χ4n) is 6.17. The molecule has 8 nitrogen and oxygen atoms in total. The quantitative estimate of drug-likeness (QED) is 0.365. The Bertz CT molecular complexity index is 1350. The Morgan fingerprint density at radius 2 is 1.58 bits per heavy atom. The van der Waals surface area contributed by atoms with Gasteiger partial charge in [0.15, 0.2) is 0 Å². The van der Waals surface area contributed by atoms with Crippen molar-refractivity contribution in [2.24, 2.45) is 5.92 Å². The number of anilines is 3. The van der Waals surface area contributed by atoms with Crippen LogP contribution in [0.15, 0.2) is 72.8 Å². The number of hydrogen-bond donors (Lipinski definition) is 0. The van der Waals surface area contributed by atoms with Gasteiger partial charge in [0.25, 0.3) is 5.69 Å². The van der Waals surface area contributed by atoms with Crippen molar-refractivity contribution in [2.45, 2.75) is 12.5 Å². The molecule has 196 valence electrons. The highest BCUT2D eigenvalue weighted by molar-refractivity contribution is 6.30. The zero-order chi connectivity index (χ0) is 26.2. The summed E-state index contributed by atoms with van der Waals surface area (Å²) in [6.07, 6.45) is 0.508. The van der Waals surface area contributed by atoms with Crippen LogP contribution in [0.3, 0.4) is 0 Å². The molecule has 0 spiro atoms. The molecule has 0 saturated carbocycles. The third-order valence-corrected chi connectivity index (χ3v) is 8.34. The first kappa shape index (κ1) is 24.6. The molecular formula is C29H30ClN5O3. The van der Waals surface area contributed by atoms with Gasteiger partial charge in [-0.2, -0.15) is 0 Å². The number of para-hydroxylation sites is 1. The molecule has 3 aliphatic heterocycles. The molecule has 3 heterocycles. The van der Waals surface area contributed by atoms with Crippen molar-refractivity contribution in [1.82, 2.24) is 4.90 Å². The zero-order valence-electron chi connectivity index (χ0n) is 21.1. The Hall–Kier alpha value is -3.78. The number of amides is 1. The van der Waals surface area contributed by atoms with Crippen LogP contribution >= 0.6 is 11.6 Å². The van der Waals surface area contributed by atoms with Gasteiger partial charge in [-0.25, -0.2) is 0 Å². The molecule has 3 aliphatic rings. The van der Waals surface area contributed by atoms with Crippen LogP contribution < -0.4 is 14.7 Å². The van der Waals surface area contributed by atoms with E-state index in [4.69, 9.17) is 11.6 Å². The molecule has 9 heteroatoms. The van der Waals surface area contributed by atoms with Gasteiger partial charge in [0.2, 0.25) is 5.91 Å². The van der Waals surface area contributed by atoms with Gasteiger partial charge < -0.3 is 19.6 Å². The molecule has 0 aromatic heterocycles. The summed E-state index contributed by atoms with van der Waals surface area (Å²) in [4.78, 5) is 34.1. The number of carbonyl (C=O) groups excluding carboxylic acids is 1. The lowest BCUT2D eigenvalue weighted by atomic mass is 9.82. The number of piperazine rings is 2. The topological polar surface area (TPSA) is 73.2 Å². The van der Waals surface area contributed by atoms with Crippen molar-refractivity contribution in [1.29, 1.82) is 0 Å². The third-order valence-electron chi connectivity index (χ3n) is 8.11. The van der Waals surface area contributed by atoms with Crippen LogP contribution in [0.1, 0.15) is 5.56 Å². The van der Waals surface area contributed by atoms with E-state index in [1.54, 1.807) is 12.1 Å². The first-order chi connectivity index (χ1) is 18.5. The van der Waals surface area contributed by atoms with Gasteiger partial charge in [0.05, 0.1) is 16.9 Å². The van der Waals surface area contributed by atoms with Crippen molar-refractivity contribution in [3.05, 3.63) is 93.5 Å². The lowest BCUT2D eigenvalue weighted by Crippen LogP contribution is -2.62. The summed E-state index contributed by atoms with van der Waals surface area (Å²) in [6, 6.07) is 23.2. The summed E-state index contributed by atoms with van der Waals surface area (Å²) in [5, 5.41) is 12.2. The summed E-state index contributed by atoms with van der Waals surface area (Å²) in [5.41, 5.74) is 4.21. The van der Waals surface area contributed by atoms with Crippen LogP contribution in [-0.2, 0) is 11.2 Å². The Kier molecular flexibility index (Phi) is 6.57. The number of nitro groups is 1. The normalized spacial score (nSPS) is 21.1. The molecule has 0 N–H and O–H groups in total. The van der Waals surface area contributed by atoms with Crippen molar-refractivity contribution < 1.29 is 9.72 Å². The minimum absolute atomic E-state index is 0.00336. The highest BCUT2D eigenvalue weighted by atomic mass is 35.5. The first-order valence-corrected chi connectivity index (χ1v) is 13.5. The molecule has 3 aromatic carbocycles. The summed E-state index contributed by atoms with van der Waals surface area (Å²) in [7, 11) is 0. The van der Waals surface area contributed by atoms with E-state index in [-0.39, 0.29) is 28.5 Å². The Morgan fingerprint density at radius 1 is 0.842 bits per heavy atom. The smallest absolute Gasteiger partial charge is 0.269 e. The standard InChI is InChI=1S/C29H30ClN5O3/c30-22-5-4-8-24(19-22)31-11-13-32(14-12-31)29(36)26-18-21-17-25(35(37)38)9-10-27(21)34-16-15-33(20-28(26)34)23-6-2-1-3-7-23/h1-10,17,19,26,28H,11-16,18,20H2. The van der Waals surface area contributed by atoms with Gasteiger partial charge >= 0.3 is 0 Å². The molecule has 1 amide bonds. The van der Waals surface area contributed by atoms with E-state index in [0.717, 1.165) is 55.3 Å². The number of halogens is 1. The van der Waals surface area contributed by atoms with Crippen LogP contribution in [0.5, 0.6) is 0 Å². The minimum atomic E-state index is -0.356. The first-order valence-electron chi connectivity index (χ1n) is 13.1. The van der Waals surface area contributed by atoms with E-state index in [9.17, 15) is 14.9 Å². The second-order valence-electron chi connectivity index (χ2n) is 10.2. The molecule has 38 heavy (non-hydrogen) atoms. The number of fused-ring (bicyclic) bond motifs is 3. The number of nitro benzene ring substituents is 1. The largest absolute Gasteiger partial charge is 0.368 e. The average molecular weight is 532 g/mol. The highest BCUT2D eigenvalue weighted by Crippen LogP contribution is 2.39. The fraction of sp³-hybridized carbons (Fsp3) is 0.345. The molecule has 2 atom stereocenters. The van der Waals surface area contributed by atoms with E-state index in [0.29, 0.717) is 24.5 Å². The number of rotatable bonds is 4. The van der Waals surface area contributed by atoms with E-state index < -0.39 is 0 Å². The number of hydrogen-bond acceptors (Lipinski definition) is 6. The third kappa shape index (κ3) is 4.65. The van der Waals surface area contributed by atoms with Crippen molar-refractivity contribution in [3.63, 3.8) is 0 Å². The van der Waals surface area contributed by atoms with Gasteiger partial charge in [0, 0.05) is 80.0 Å². The molecule has 2 unspecified atom stereocenters. The number of nitrogens with zero attached hydrogens (tertiary/aromatic N) is 5. The zero-order valence-corrected chi connectivity index (χ0v) is 21.8. The summed E-state index contributed by atoms with van der Waals surface area (Å²) in [6.45, 7) is 5.08. The van der Waals surface area contributed by atoms with Crippen LogP contribution in [0.2, 0.25) is 5.02 Å². The molecule has 0 radical (unpaired) electrons.